The summed E-state index contributed by atoms with van der Waals surface area (Å²) in [6.07, 6.45) is -0.504. The standard InChI is InChI=1S/C10H8F3NO/c11-10(12,13)15-9-5-3-8(4-6-9)2-1-7-14/h1-7,14H/b2-1+,14-7?. The van der Waals surface area contributed by atoms with Crippen molar-refractivity contribution in [1.29, 1.82) is 5.41 Å². The largest absolute Gasteiger partial charge is 0.573 e. The highest BCUT2D eigenvalue weighted by molar-refractivity contribution is 5.75. The molecule has 5 heteroatoms. The zero-order valence-corrected chi connectivity index (χ0v) is 7.58. The molecule has 0 bridgehead atoms. The van der Waals surface area contributed by atoms with E-state index < -0.39 is 6.36 Å². The van der Waals surface area contributed by atoms with Gasteiger partial charge in [0.15, 0.2) is 0 Å². The summed E-state index contributed by atoms with van der Waals surface area (Å²) in [6, 6.07) is 5.39. The van der Waals surface area contributed by atoms with Crippen molar-refractivity contribution in [2.75, 3.05) is 0 Å². The van der Waals surface area contributed by atoms with Gasteiger partial charge in [-0.05, 0) is 23.8 Å². The quantitative estimate of drug-likeness (QED) is 0.771. The molecule has 80 valence electrons. The number of rotatable bonds is 3. The highest BCUT2D eigenvalue weighted by Crippen LogP contribution is 2.22. The molecule has 0 atom stereocenters. The Morgan fingerprint density at radius 1 is 1.13 bits per heavy atom. The van der Waals surface area contributed by atoms with Crippen LogP contribution in [0.3, 0.4) is 0 Å². The lowest BCUT2D eigenvalue weighted by Gasteiger charge is -2.08. The fourth-order valence-corrected chi connectivity index (χ4v) is 0.940. The molecule has 0 heterocycles. The van der Waals surface area contributed by atoms with Crippen LogP contribution in [-0.4, -0.2) is 12.6 Å². The van der Waals surface area contributed by atoms with Gasteiger partial charge in [0.05, 0.1) is 0 Å². The van der Waals surface area contributed by atoms with Gasteiger partial charge in [-0.15, -0.1) is 13.2 Å². The van der Waals surface area contributed by atoms with Crippen molar-refractivity contribution in [3.8, 4) is 5.75 Å². The van der Waals surface area contributed by atoms with Crippen LogP contribution in [0, 0.1) is 5.41 Å². The summed E-state index contributed by atoms with van der Waals surface area (Å²) in [5, 5.41) is 6.73. The third kappa shape index (κ3) is 4.30. The Morgan fingerprint density at radius 2 is 1.73 bits per heavy atom. The lowest BCUT2D eigenvalue weighted by atomic mass is 10.2. The SMILES string of the molecule is N=C/C=C/c1ccc(OC(F)(F)F)cc1. The van der Waals surface area contributed by atoms with E-state index in [9.17, 15) is 13.2 Å². The second kappa shape index (κ2) is 4.63. The molecule has 0 aromatic heterocycles. The topological polar surface area (TPSA) is 33.1 Å². The molecule has 15 heavy (non-hydrogen) atoms. The molecule has 0 aliphatic carbocycles. The van der Waals surface area contributed by atoms with E-state index in [1.807, 2.05) is 0 Å². The van der Waals surface area contributed by atoms with Gasteiger partial charge in [-0.3, -0.25) is 0 Å². The molecule has 0 fully saturated rings. The van der Waals surface area contributed by atoms with Gasteiger partial charge in [0.25, 0.3) is 0 Å². The zero-order valence-electron chi connectivity index (χ0n) is 7.58. The van der Waals surface area contributed by atoms with Gasteiger partial charge in [-0.2, -0.15) is 0 Å². The Bertz CT molecular complexity index is 354. The van der Waals surface area contributed by atoms with Crippen molar-refractivity contribution in [3.05, 3.63) is 35.9 Å². The van der Waals surface area contributed by atoms with E-state index in [1.54, 1.807) is 6.08 Å². The van der Waals surface area contributed by atoms with Crippen molar-refractivity contribution < 1.29 is 17.9 Å². The lowest BCUT2D eigenvalue weighted by molar-refractivity contribution is -0.274. The van der Waals surface area contributed by atoms with Gasteiger partial charge in [-0.25, -0.2) is 0 Å². The Hall–Kier alpha value is -1.78. The van der Waals surface area contributed by atoms with Crippen molar-refractivity contribution >= 4 is 12.3 Å². The summed E-state index contributed by atoms with van der Waals surface area (Å²) >= 11 is 0. The molecule has 1 rings (SSSR count). The van der Waals surface area contributed by atoms with Crippen LogP contribution in [0.2, 0.25) is 0 Å². The summed E-state index contributed by atoms with van der Waals surface area (Å²) in [7, 11) is 0. The molecule has 0 unspecified atom stereocenters. The third-order valence-corrected chi connectivity index (χ3v) is 1.50. The predicted molar refractivity (Wildman–Crippen MR) is 50.9 cm³/mol. The summed E-state index contributed by atoms with van der Waals surface area (Å²) in [6.45, 7) is 0. The van der Waals surface area contributed by atoms with Crippen LogP contribution in [0.15, 0.2) is 30.3 Å². The first kappa shape index (κ1) is 11.3. The molecule has 1 aromatic rings. The maximum absolute atomic E-state index is 11.8. The van der Waals surface area contributed by atoms with Crippen LogP contribution in [0.1, 0.15) is 5.56 Å². The molecule has 1 N–H and O–H groups in total. The Kier molecular flexibility index (Phi) is 3.49. The van der Waals surface area contributed by atoms with E-state index >= 15 is 0 Å². The van der Waals surface area contributed by atoms with Crippen LogP contribution >= 0.6 is 0 Å². The first-order chi connectivity index (χ1) is 7.01. The van der Waals surface area contributed by atoms with Gasteiger partial charge < -0.3 is 10.1 Å². The van der Waals surface area contributed by atoms with Crippen molar-refractivity contribution in [1.82, 2.24) is 0 Å². The molecule has 1 aromatic carbocycles. The first-order valence-electron chi connectivity index (χ1n) is 4.04. The number of benzene rings is 1. The number of allylic oxidation sites excluding steroid dienone is 1. The van der Waals surface area contributed by atoms with Gasteiger partial charge in [0.1, 0.15) is 5.75 Å². The molecular formula is C10H8F3NO. The summed E-state index contributed by atoms with van der Waals surface area (Å²) < 4.78 is 39.0. The number of alkyl halides is 3. The number of ether oxygens (including phenoxy) is 1. The molecule has 0 saturated heterocycles. The van der Waals surface area contributed by atoms with Crippen molar-refractivity contribution in [3.63, 3.8) is 0 Å². The van der Waals surface area contributed by atoms with Gasteiger partial charge in [0, 0.05) is 6.21 Å². The maximum atomic E-state index is 11.8. The molecule has 0 saturated carbocycles. The molecular weight excluding hydrogens is 207 g/mol. The monoisotopic (exact) mass is 215 g/mol. The molecule has 0 amide bonds. The minimum absolute atomic E-state index is 0.255. The second-order valence-corrected chi connectivity index (χ2v) is 2.64. The van der Waals surface area contributed by atoms with E-state index in [4.69, 9.17) is 5.41 Å². The van der Waals surface area contributed by atoms with E-state index in [0.717, 1.165) is 6.21 Å². The lowest BCUT2D eigenvalue weighted by Crippen LogP contribution is -2.16. The van der Waals surface area contributed by atoms with E-state index in [-0.39, 0.29) is 5.75 Å². The number of halogens is 3. The van der Waals surface area contributed by atoms with Gasteiger partial charge >= 0.3 is 6.36 Å². The first-order valence-corrected chi connectivity index (χ1v) is 4.04. The Labute approximate surface area is 84.5 Å². The number of hydrogen-bond acceptors (Lipinski definition) is 2. The maximum Gasteiger partial charge on any atom is 0.573 e. The van der Waals surface area contributed by atoms with Gasteiger partial charge in [-0.1, -0.05) is 18.2 Å². The molecule has 2 nitrogen and oxygen atoms in total. The number of hydrogen-bond donors (Lipinski definition) is 1. The minimum Gasteiger partial charge on any atom is -0.406 e. The Morgan fingerprint density at radius 3 is 2.20 bits per heavy atom. The van der Waals surface area contributed by atoms with E-state index in [1.165, 1.54) is 30.3 Å². The van der Waals surface area contributed by atoms with Crippen LogP contribution in [0.4, 0.5) is 13.2 Å². The number of nitrogens with one attached hydrogen (secondary N) is 1. The Balaban J connectivity index is 2.72. The van der Waals surface area contributed by atoms with Crippen molar-refractivity contribution in [2.45, 2.75) is 6.36 Å². The summed E-state index contributed by atoms with van der Waals surface area (Å²) in [4.78, 5) is 0. The molecule has 0 aliphatic heterocycles. The average molecular weight is 215 g/mol. The minimum atomic E-state index is -4.66. The van der Waals surface area contributed by atoms with E-state index in [0.29, 0.717) is 5.56 Å². The normalized spacial score (nSPS) is 11.7. The van der Waals surface area contributed by atoms with Crippen molar-refractivity contribution in [2.24, 2.45) is 0 Å². The average Bonchev–Trinajstić information content (AvgIpc) is 2.14. The second-order valence-electron chi connectivity index (χ2n) is 2.64. The van der Waals surface area contributed by atoms with Crippen LogP contribution < -0.4 is 4.74 Å². The molecule has 0 aliphatic rings. The summed E-state index contributed by atoms with van der Waals surface area (Å²) in [5.74, 6) is -0.255. The highest BCUT2D eigenvalue weighted by Gasteiger charge is 2.30. The third-order valence-electron chi connectivity index (χ3n) is 1.50. The van der Waals surface area contributed by atoms with E-state index in [2.05, 4.69) is 4.74 Å². The summed E-state index contributed by atoms with van der Waals surface area (Å²) in [5.41, 5.74) is 0.702. The fourth-order valence-electron chi connectivity index (χ4n) is 0.940. The smallest absolute Gasteiger partial charge is 0.406 e. The van der Waals surface area contributed by atoms with Crippen LogP contribution in [0.5, 0.6) is 5.75 Å². The van der Waals surface area contributed by atoms with Crippen LogP contribution in [0.25, 0.3) is 6.08 Å². The molecule has 0 spiro atoms. The fraction of sp³-hybridized carbons (Fsp3) is 0.100. The molecule has 0 radical (unpaired) electrons. The predicted octanol–water partition coefficient (Wildman–Crippen LogP) is 3.25. The van der Waals surface area contributed by atoms with Gasteiger partial charge in [0.2, 0.25) is 0 Å². The van der Waals surface area contributed by atoms with Crippen LogP contribution in [-0.2, 0) is 0 Å². The highest BCUT2D eigenvalue weighted by atomic mass is 19.4. The zero-order chi connectivity index (χ0) is 11.3.